The van der Waals surface area contributed by atoms with E-state index in [-0.39, 0.29) is 23.4 Å². The Morgan fingerprint density at radius 3 is 2.42 bits per heavy atom. The lowest BCUT2D eigenvalue weighted by Crippen LogP contribution is -2.47. The number of aliphatic carboxylic acids is 1. The van der Waals surface area contributed by atoms with Crippen LogP contribution in [0, 0.1) is 17.7 Å². The van der Waals surface area contributed by atoms with Gasteiger partial charge in [0.25, 0.3) is 0 Å². The lowest BCUT2D eigenvalue weighted by Gasteiger charge is -2.31. The number of nitrogens with one attached hydrogen (secondary N) is 1. The molecule has 1 unspecified atom stereocenters. The van der Waals surface area contributed by atoms with Crippen LogP contribution < -0.4 is 5.32 Å². The first-order valence-electron chi connectivity index (χ1n) is 8.63. The molecule has 2 fully saturated rings. The van der Waals surface area contributed by atoms with Gasteiger partial charge in [0.05, 0.1) is 17.5 Å². The molecule has 2 N–H and O–H groups in total. The summed E-state index contributed by atoms with van der Waals surface area (Å²) in [6.07, 6.45) is 2.02. The van der Waals surface area contributed by atoms with Gasteiger partial charge in [-0.05, 0) is 37.8 Å². The lowest BCUT2D eigenvalue weighted by molar-refractivity contribution is -0.146. The van der Waals surface area contributed by atoms with Gasteiger partial charge in [-0.3, -0.25) is 14.4 Å². The summed E-state index contributed by atoms with van der Waals surface area (Å²) >= 11 is 1.49. The minimum Gasteiger partial charge on any atom is -0.481 e. The number of carboxylic acids is 1. The molecule has 1 saturated carbocycles. The van der Waals surface area contributed by atoms with E-state index in [2.05, 4.69) is 5.32 Å². The van der Waals surface area contributed by atoms with Crippen molar-refractivity contribution in [1.82, 2.24) is 4.90 Å². The number of carbonyl (C=O) groups is 3. The lowest BCUT2D eigenvalue weighted by atomic mass is 9.81. The summed E-state index contributed by atoms with van der Waals surface area (Å²) < 4.78 is 13.7. The fourth-order valence-electron chi connectivity index (χ4n) is 3.48. The summed E-state index contributed by atoms with van der Waals surface area (Å²) in [4.78, 5) is 38.0. The van der Waals surface area contributed by atoms with Gasteiger partial charge < -0.3 is 15.3 Å². The van der Waals surface area contributed by atoms with E-state index >= 15 is 0 Å². The van der Waals surface area contributed by atoms with Gasteiger partial charge in [0.1, 0.15) is 11.9 Å². The molecule has 8 heteroatoms. The van der Waals surface area contributed by atoms with Crippen molar-refractivity contribution in [3.05, 3.63) is 30.1 Å². The van der Waals surface area contributed by atoms with E-state index in [0.29, 0.717) is 37.3 Å². The third kappa shape index (κ3) is 4.00. The van der Waals surface area contributed by atoms with E-state index in [1.165, 1.54) is 23.9 Å². The predicted octanol–water partition coefficient (Wildman–Crippen LogP) is 2.56. The van der Waals surface area contributed by atoms with Crippen LogP contribution in [-0.4, -0.2) is 45.5 Å². The van der Waals surface area contributed by atoms with Crippen LogP contribution in [0.4, 0.5) is 10.1 Å². The van der Waals surface area contributed by atoms with Crippen LogP contribution in [0.1, 0.15) is 25.7 Å². The highest BCUT2D eigenvalue weighted by molar-refractivity contribution is 7.99. The number of hydrogen-bond acceptors (Lipinski definition) is 4. The normalized spacial score (nSPS) is 25.7. The number of rotatable bonds is 4. The molecule has 140 valence electrons. The van der Waals surface area contributed by atoms with Gasteiger partial charge in [0, 0.05) is 11.7 Å². The minimum absolute atomic E-state index is 0.101. The van der Waals surface area contributed by atoms with Crippen molar-refractivity contribution >= 4 is 35.2 Å². The van der Waals surface area contributed by atoms with E-state index in [0.717, 1.165) is 0 Å². The maximum atomic E-state index is 13.7. The molecular formula is C18H21FN2O4S. The van der Waals surface area contributed by atoms with E-state index in [1.807, 2.05) is 0 Å². The largest absolute Gasteiger partial charge is 0.481 e. The van der Waals surface area contributed by atoms with Crippen LogP contribution >= 0.6 is 11.8 Å². The summed E-state index contributed by atoms with van der Waals surface area (Å²) in [5.74, 6) is -1.56. The molecule has 0 radical (unpaired) electrons. The first kappa shape index (κ1) is 18.7. The highest BCUT2D eigenvalue weighted by Gasteiger charge is 2.39. The predicted molar refractivity (Wildman–Crippen MR) is 96.1 cm³/mol. The Bertz CT molecular complexity index is 706. The Balaban J connectivity index is 1.62. The van der Waals surface area contributed by atoms with Gasteiger partial charge in [-0.1, -0.05) is 12.1 Å². The maximum Gasteiger partial charge on any atom is 0.306 e. The second kappa shape index (κ2) is 8.07. The molecule has 6 nitrogen and oxygen atoms in total. The fourth-order valence-corrected chi connectivity index (χ4v) is 4.64. The molecular weight excluding hydrogens is 359 g/mol. The molecule has 2 aliphatic rings. The number of halogens is 1. The average molecular weight is 380 g/mol. The van der Waals surface area contributed by atoms with Gasteiger partial charge in [0.2, 0.25) is 11.8 Å². The molecule has 1 aromatic carbocycles. The molecule has 26 heavy (non-hydrogen) atoms. The summed E-state index contributed by atoms with van der Waals surface area (Å²) in [5.41, 5.74) is 0.101. The third-order valence-corrected chi connectivity index (χ3v) is 6.04. The van der Waals surface area contributed by atoms with Crippen molar-refractivity contribution in [1.29, 1.82) is 0 Å². The monoisotopic (exact) mass is 380 g/mol. The molecule has 1 aromatic rings. The van der Waals surface area contributed by atoms with Crippen molar-refractivity contribution in [3.63, 3.8) is 0 Å². The number of thioether (sulfide) groups is 1. The molecule has 1 saturated heterocycles. The van der Waals surface area contributed by atoms with Gasteiger partial charge in [-0.25, -0.2) is 4.39 Å². The molecule has 1 atom stereocenters. The first-order valence-corrected chi connectivity index (χ1v) is 9.79. The Hall–Kier alpha value is -2.09. The van der Waals surface area contributed by atoms with Gasteiger partial charge in [0.15, 0.2) is 0 Å². The van der Waals surface area contributed by atoms with Gasteiger partial charge in [-0.15, -0.1) is 11.8 Å². The number of nitrogens with zero attached hydrogens (tertiary/aromatic N) is 1. The minimum atomic E-state index is -0.810. The zero-order valence-corrected chi connectivity index (χ0v) is 15.0. The van der Waals surface area contributed by atoms with Gasteiger partial charge >= 0.3 is 5.97 Å². The quantitative estimate of drug-likeness (QED) is 0.838. The van der Waals surface area contributed by atoms with Crippen LogP contribution in [0.2, 0.25) is 0 Å². The van der Waals surface area contributed by atoms with Crippen molar-refractivity contribution in [2.45, 2.75) is 31.7 Å². The Morgan fingerprint density at radius 1 is 1.12 bits per heavy atom. The fraction of sp³-hybridized carbons (Fsp3) is 0.500. The molecule has 3 rings (SSSR count). The molecule has 0 aromatic heterocycles. The molecule has 1 aliphatic heterocycles. The summed E-state index contributed by atoms with van der Waals surface area (Å²) in [7, 11) is 0. The van der Waals surface area contributed by atoms with Crippen LogP contribution in [0.3, 0.4) is 0 Å². The number of anilines is 1. The van der Waals surface area contributed by atoms with Crippen molar-refractivity contribution in [3.8, 4) is 0 Å². The number of benzene rings is 1. The number of amides is 2. The molecule has 2 amide bonds. The summed E-state index contributed by atoms with van der Waals surface area (Å²) in [6, 6.07) is 5.28. The standard InChI is InChI=1S/C18H21FN2O4S/c19-13-3-1-2-4-14(13)20-16(22)15-9-26-10-21(15)17(23)11-5-7-12(8-6-11)18(24)25/h1-4,11-12,15H,5-10H2,(H,20,22)(H,24,25). The molecule has 0 bridgehead atoms. The highest BCUT2D eigenvalue weighted by atomic mass is 32.2. The zero-order chi connectivity index (χ0) is 18.7. The van der Waals surface area contributed by atoms with Crippen LogP contribution in [0.5, 0.6) is 0 Å². The summed E-state index contributed by atoms with van der Waals surface area (Å²) in [6.45, 7) is 0. The topological polar surface area (TPSA) is 86.7 Å². The van der Waals surface area contributed by atoms with Crippen LogP contribution in [0.15, 0.2) is 24.3 Å². The Kier molecular flexibility index (Phi) is 5.80. The zero-order valence-electron chi connectivity index (χ0n) is 14.2. The molecule has 0 spiro atoms. The van der Waals surface area contributed by atoms with Crippen molar-refractivity contribution < 1.29 is 23.9 Å². The third-order valence-electron chi connectivity index (χ3n) is 5.03. The first-order chi connectivity index (χ1) is 12.5. The number of hydrogen-bond donors (Lipinski definition) is 2. The Morgan fingerprint density at radius 2 is 1.77 bits per heavy atom. The van der Waals surface area contributed by atoms with E-state index < -0.39 is 23.7 Å². The van der Waals surface area contributed by atoms with E-state index in [4.69, 9.17) is 5.11 Å². The van der Waals surface area contributed by atoms with Crippen molar-refractivity contribution in [2.24, 2.45) is 11.8 Å². The SMILES string of the molecule is O=C(O)C1CCC(C(=O)N2CSCC2C(=O)Nc2ccccc2F)CC1. The number of carboxylic acid groups (broad SMARTS) is 1. The second-order valence-corrected chi connectivity index (χ2v) is 7.68. The van der Waals surface area contributed by atoms with E-state index in [9.17, 15) is 18.8 Å². The van der Waals surface area contributed by atoms with E-state index in [1.54, 1.807) is 17.0 Å². The Labute approximate surface area is 155 Å². The average Bonchev–Trinajstić information content (AvgIpc) is 3.13. The second-order valence-electron chi connectivity index (χ2n) is 6.68. The number of para-hydroxylation sites is 1. The molecule has 1 heterocycles. The van der Waals surface area contributed by atoms with Crippen LogP contribution in [0.25, 0.3) is 0 Å². The van der Waals surface area contributed by atoms with Crippen LogP contribution in [-0.2, 0) is 14.4 Å². The summed E-state index contributed by atoms with van der Waals surface area (Å²) in [5, 5.41) is 11.6. The number of carbonyl (C=O) groups excluding carboxylic acids is 2. The highest BCUT2D eigenvalue weighted by Crippen LogP contribution is 2.33. The maximum absolute atomic E-state index is 13.7. The smallest absolute Gasteiger partial charge is 0.306 e. The van der Waals surface area contributed by atoms with Gasteiger partial charge in [-0.2, -0.15) is 0 Å². The molecule has 1 aliphatic carbocycles. The van der Waals surface area contributed by atoms with Crippen molar-refractivity contribution in [2.75, 3.05) is 16.9 Å².